The van der Waals surface area contributed by atoms with Crippen molar-refractivity contribution in [1.29, 1.82) is 0 Å². The Morgan fingerprint density at radius 1 is 1.19 bits per heavy atom. The molecule has 6 nitrogen and oxygen atoms in total. The second-order valence-electron chi connectivity index (χ2n) is 3.14. The van der Waals surface area contributed by atoms with Crippen LogP contribution in [0.4, 0.5) is 0 Å². The van der Waals surface area contributed by atoms with Crippen LogP contribution in [0.5, 0.6) is 0 Å². The molecule has 0 fully saturated rings. The fourth-order valence-electron chi connectivity index (χ4n) is 1.03. The Labute approximate surface area is 91.8 Å². The molecule has 0 atom stereocenters. The van der Waals surface area contributed by atoms with Gasteiger partial charge in [0, 0.05) is 5.56 Å². The Morgan fingerprint density at radius 2 is 1.88 bits per heavy atom. The molecule has 0 saturated carbocycles. The average molecular weight is 221 g/mol. The molecule has 1 rings (SSSR count). The van der Waals surface area contributed by atoms with E-state index in [9.17, 15) is 14.4 Å². The molecule has 0 aromatic heterocycles. The molecular formula is C10H11N3O3. The maximum absolute atomic E-state index is 11.4. The fraction of sp³-hybridized carbons (Fsp3) is 0.100. The third-order valence-corrected chi connectivity index (χ3v) is 1.79. The topological polar surface area (TPSA) is 101 Å². The van der Waals surface area contributed by atoms with E-state index in [1.165, 1.54) is 0 Å². The van der Waals surface area contributed by atoms with Crippen LogP contribution in [0.2, 0.25) is 0 Å². The van der Waals surface area contributed by atoms with Gasteiger partial charge in [0.05, 0.1) is 0 Å². The van der Waals surface area contributed by atoms with Crippen molar-refractivity contribution in [3.05, 3.63) is 35.4 Å². The molecule has 6 heteroatoms. The van der Waals surface area contributed by atoms with Crippen LogP contribution in [0.25, 0.3) is 0 Å². The number of nitrogens with one attached hydrogen (secondary N) is 2. The first-order chi connectivity index (χ1) is 7.50. The maximum atomic E-state index is 11.4. The molecule has 0 saturated heterocycles. The van der Waals surface area contributed by atoms with Gasteiger partial charge in [-0.15, -0.1) is 0 Å². The number of hydrogen-bond donors (Lipinski definition) is 3. The van der Waals surface area contributed by atoms with Crippen molar-refractivity contribution in [2.24, 2.45) is 5.73 Å². The molecule has 1 aromatic rings. The standard InChI is InChI=1S/C10H11N3O3/c1-6-3-2-4-7(5-6)9(15)12-13-10(16)8(11)14/h2-5H,1H3,(H2,11,14)(H,12,15)(H,13,16). The molecule has 84 valence electrons. The van der Waals surface area contributed by atoms with Crippen molar-refractivity contribution < 1.29 is 14.4 Å². The van der Waals surface area contributed by atoms with Crippen molar-refractivity contribution >= 4 is 17.7 Å². The summed E-state index contributed by atoms with van der Waals surface area (Å²) in [4.78, 5) is 32.6. The van der Waals surface area contributed by atoms with Crippen LogP contribution >= 0.6 is 0 Å². The average Bonchev–Trinajstić information content (AvgIpc) is 2.25. The molecule has 0 radical (unpaired) electrons. The summed E-state index contributed by atoms with van der Waals surface area (Å²) in [6.45, 7) is 1.83. The fourth-order valence-corrected chi connectivity index (χ4v) is 1.03. The van der Waals surface area contributed by atoms with Gasteiger partial charge in [-0.1, -0.05) is 17.7 Å². The van der Waals surface area contributed by atoms with Crippen molar-refractivity contribution in [3.63, 3.8) is 0 Å². The summed E-state index contributed by atoms with van der Waals surface area (Å²) in [6.07, 6.45) is 0. The van der Waals surface area contributed by atoms with Gasteiger partial charge in [-0.05, 0) is 19.1 Å². The van der Waals surface area contributed by atoms with Crippen molar-refractivity contribution in [2.75, 3.05) is 0 Å². The summed E-state index contributed by atoms with van der Waals surface area (Å²) < 4.78 is 0. The molecule has 0 aliphatic carbocycles. The second-order valence-corrected chi connectivity index (χ2v) is 3.14. The molecule has 0 bridgehead atoms. The zero-order valence-corrected chi connectivity index (χ0v) is 8.61. The highest BCUT2D eigenvalue weighted by Gasteiger charge is 2.10. The summed E-state index contributed by atoms with van der Waals surface area (Å²) in [7, 11) is 0. The smallest absolute Gasteiger partial charge is 0.327 e. The van der Waals surface area contributed by atoms with Crippen LogP contribution in [0.3, 0.4) is 0 Å². The predicted molar refractivity (Wildman–Crippen MR) is 56.0 cm³/mol. The van der Waals surface area contributed by atoms with Gasteiger partial charge >= 0.3 is 11.8 Å². The number of rotatable bonds is 1. The highest BCUT2D eigenvalue weighted by molar-refractivity contribution is 6.34. The molecule has 0 aliphatic rings. The van der Waals surface area contributed by atoms with E-state index in [-0.39, 0.29) is 0 Å². The number of primary amides is 1. The lowest BCUT2D eigenvalue weighted by Gasteiger charge is -2.05. The second kappa shape index (κ2) is 4.92. The van der Waals surface area contributed by atoms with Crippen LogP contribution < -0.4 is 16.6 Å². The van der Waals surface area contributed by atoms with Crippen LogP contribution in [0.15, 0.2) is 24.3 Å². The van der Waals surface area contributed by atoms with Gasteiger partial charge in [-0.25, -0.2) is 0 Å². The number of aryl methyl sites for hydroxylation is 1. The summed E-state index contributed by atoms with van der Waals surface area (Å²) in [6, 6.07) is 6.77. The monoisotopic (exact) mass is 221 g/mol. The Kier molecular flexibility index (Phi) is 3.60. The SMILES string of the molecule is Cc1cccc(C(=O)NNC(=O)C(N)=O)c1. The van der Waals surface area contributed by atoms with E-state index < -0.39 is 17.7 Å². The zero-order valence-electron chi connectivity index (χ0n) is 8.61. The molecule has 1 aromatic carbocycles. The lowest BCUT2D eigenvalue weighted by Crippen LogP contribution is -2.47. The third-order valence-electron chi connectivity index (χ3n) is 1.79. The number of benzene rings is 1. The van der Waals surface area contributed by atoms with Crippen LogP contribution in [0.1, 0.15) is 15.9 Å². The number of hydrogen-bond acceptors (Lipinski definition) is 3. The van der Waals surface area contributed by atoms with Crippen LogP contribution in [-0.2, 0) is 9.59 Å². The zero-order chi connectivity index (χ0) is 12.1. The van der Waals surface area contributed by atoms with E-state index in [0.717, 1.165) is 5.56 Å². The van der Waals surface area contributed by atoms with Crippen molar-refractivity contribution in [3.8, 4) is 0 Å². The number of carbonyl (C=O) groups excluding carboxylic acids is 3. The van der Waals surface area contributed by atoms with E-state index in [2.05, 4.69) is 11.2 Å². The van der Waals surface area contributed by atoms with E-state index >= 15 is 0 Å². The van der Waals surface area contributed by atoms with Crippen LogP contribution in [-0.4, -0.2) is 17.7 Å². The van der Waals surface area contributed by atoms with E-state index in [1.807, 2.05) is 18.4 Å². The lowest BCUT2D eigenvalue weighted by atomic mass is 10.1. The van der Waals surface area contributed by atoms with Gasteiger partial charge < -0.3 is 5.73 Å². The molecule has 3 amide bonds. The molecule has 0 heterocycles. The van der Waals surface area contributed by atoms with E-state index in [4.69, 9.17) is 0 Å². The summed E-state index contributed by atoms with van der Waals surface area (Å²) in [5, 5.41) is 0. The van der Waals surface area contributed by atoms with Gasteiger partial charge in [0.15, 0.2) is 0 Å². The first-order valence-electron chi connectivity index (χ1n) is 4.47. The largest absolute Gasteiger partial charge is 0.361 e. The lowest BCUT2D eigenvalue weighted by molar-refractivity contribution is -0.137. The Hall–Kier alpha value is -2.37. The third kappa shape index (κ3) is 3.09. The van der Waals surface area contributed by atoms with E-state index in [1.54, 1.807) is 18.2 Å². The van der Waals surface area contributed by atoms with Gasteiger partial charge in [0.2, 0.25) is 0 Å². The maximum Gasteiger partial charge on any atom is 0.327 e. The first-order valence-corrected chi connectivity index (χ1v) is 4.47. The molecular weight excluding hydrogens is 210 g/mol. The summed E-state index contributed by atoms with van der Waals surface area (Å²) in [5.41, 5.74) is 9.93. The van der Waals surface area contributed by atoms with Gasteiger partial charge in [0.1, 0.15) is 0 Å². The number of carbonyl (C=O) groups is 3. The Balaban J connectivity index is 2.60. The highest BCUT2D eigenvalue weighted by Crippen LogP contribution is 2.02. The van der Waals surface area contributed by atoms with Crippen molar-refractivity contribution in [2.45, 2.75) is 6.92 Å². The van der Waals surface area contributed by atoms with Crippen LogP contribution in [0, 0.1) is 6.92 Å². The van der Waals surface area contributed by atoms with Gasteiger partial charge in [-0.3, -0.25) is 25.2 Å². The summed E-state index contributed by atoms with van der Waals surface area (Å²) in [5.74, 6) is -2.75. The minimum atomic E-state index is -1.16. The normalized spacial score (nSPS) is 9.31. The quantitative estimate of drug-likeness (QED) is 0.429. The van der Waals surface area contributed by atoms with Gasteiger partial charge in [-0.2, -0.15) is 0 Å². The first kappa shape index (κ1) is 11.7. The Bertz CT molecular complexity index is 443. The Morgan fingerprint density at radius 3 is 2.44 bits per heavy atom. The van der Waals surface area contributed by atoms with Crippen molar-refractivity contribution in [1.82, 2.24) is 10.9 Å². The predicted octanol–water partition coefficient (Wildman–Crippen LogP) is -0.759. The number of nitrogens with two attached hydrogens (primary N) is 1. The molecule has 0 spiro atoms. The van der Waals surface area contributed by atoms with E-state index in [0.29, 0.717) is 5.56 Å². The minimum absolute atomic E-state index is 0.379. The molecule has 4 N–H and O–H groups in total. The molecule has 16 heavy (non-hydrogen) atoms. The van der Waals surface area contributed by atoms with Gasteiger partial charge in [0.25, 0.3) is 5.91 Å². The highest BCUT2D eigenvalue weighted by atomic mass is 16.2. The number of hydrazine groups is 1. The molecule has 0 unspecified atom stereocenters. The summed E-state index contributed by atoms with van der Waals surface area (Å²) >= 11 is 0. The minimum Gasteiger partial charge on any atom is -0.361 e. The molecule has 0 aliphatic heterocycles. The number of amides is 3.